The van der Waals surface area contributed by atoms with Crippen molar-refractivity contribution in [2.45, 2.75) is 27.7 Å². The van der Waals surface area contributed by atoms with Crippen molar-refractivity contribution in [1.29, 1.82) is 0 Å². The first-order valence-corrected chi connectivity index (χ1v) is 6.24. The van der Waals surface area contributed by atoms with Gasteiger partial charge in [0.2, 0.25) is 0 Å². The van der Waals surface area contributed by atoms with Crippen molar-refractivity contribution < 1.29 is 25.8 Å². The molecule has 0 spiro atoms. The number of nitrogens with one attached hydrogen (secondary N) is 4. The molecule has 0 aromatic heterocycles. The van der Waals surface area contributed by atoms with Gasteiger partial charge in [0.25, 0.3) is 0 Å². The quantitative estimate of drug-likeness (QED) is 0.516. The van der Waals surface area contributed by atoms with Gasteiger partial charge in [0.05, 0.1) is 0 Å². The maximum Gasteiger partial charge on any atom is 4.00 e. The third-order valence-corrected chi connectivity index (χ3v) is 1.41. The van der Waals surface area contributed by atoms with Crippen LogP contribution in [0.5, 0.6) is 0 Å². The molecule has 104 valence electrons. The average Bonchev–Trinajstić information content (AvgIpc) is 2.39. The zero-order chi connectivity index (χ0) is 13.7. The summed E-state index contributed by atoms with van der Waals surface area (Å²) < 4.78 is 0. The molecule has 0 radical (unpaired) electrons. The van der Waals surface area contributed by atoms with Gasteiger partial charge in [0.15, 0.2) is 0 Å². The molecule has 0 rings (SSSR count). The van der Waals surface area contributed by atoms with Crippen LogP contribution in [0.2, 0.25) is 0 Å². The van der Waals surface area contributed by atoms with Gasteiger partial charge in [-0.3, -0.25) is 0 Å². The second-order valence-corrected chi connectivity index (χ2v) is 2.83. The van der Waals surface area contributed by atoms with E-state index in [2.05, 4.69) is 49.0 Å². The molecule has 4 nitrogen and oxygen atoms in total. The van der Waals surface area contributed by atoms with Crippen molar-refractivity contribution in [1.82, 2.24) is 21.3 Å². The average molecular weight is 415 g/mol. The van der Waals surface area contributed by atoms with E-state index in [1.165, 1.54) is 0 Å². The summed E-state index contributed by atoms with van der Waals surface area (Å²) in [5, 5.41) is 11.7. The Morgan fingerprint density at radius 1 is 0.471 bits per heavy atom. The summed E-state index contributed by atoms with van der Waals surface area (Å²) >= 11 is 0. The van der Waals surface area contributed by atoms with E-state index in [0.717, 1.165) is 26.2 Å². The van der Waals surface area contributed by atoms with Gasteiger partial charge in [0.1, 0.15) is 0 Å². The molecule has 0 aromatic carbocycles. The Morgan fingerprint density at radius 2 is 0.529 bits per heavy atom. The Hall–Kier alpha value is 0.710. The van der Waals surface area contributed by atoms with E-state index in [1.807, 2.05) is 28.2 Å². The first-order valence-electron chi connectivity index (χ1n) is 6.24. The molecule has 0 aliphatic rings. The number of rotatable bonds is 4. The summed E-state index contributed by atoms with van der Waals surface area (Å²) in [7, 11) is 7.72. The topological polar surface area (TPSA) is 48.1 Å². The zero-order valence-corrected chi connectivity index (χ0v) is 16.9. The predicted molar refractivity (Wildman–Crippen MR) is 78.4 cm³/mol. The SMILES string of the molecule is CCNC.CCNC.CCNC.CCNC.[Hf+4]. The Kier molecular flexibility index (Phi) is 97.9. The predicted octanol–water partition coefficient (Wildman–Crippen LogP) is 0.900. The molecule has 0 heterocycles. The second kappa shape index (κ2) is 54.4. The molecule has 4 N–H and O–H groups in total. The molecule has 17 heavy (non-hydrogen) atoms. The van der Waals surface area contributed by atoms with Crippen molar-refractivity contribution in [3.8, 4) is 0 Å². The van der Waals surface area contributed by atoms with Gasteiger partial charge in [0, 0.05) is 0 Å². The molecule has 0 saturated heterocycles. The van der Waals surface area contributed by atoms with Crippen molar-refractivity contribution in [2.75, 3.05) is 54.4 Å². The molecule has 5 heteroatoms. The van der Waals surface area contributed by atoms with Crippen LogP contribution in [-0.2, 0) is 25.8 Å². The summed E-state index contributed by atoms with van der Waals surface area (Å²) in [5.41, 5.74) is 0. The van der Waals surface area contributed by atoms with Crippen LogP contribution in [0.3, 0.4) is 0 Å². The molecule has 0 aliphatic heterocycles. The minimum atomic E-state index is 0. The van der Waals surface area contributed by atoms with Gasteiger partial charge >= 0.3 is 25.8 Å². The van der Waals surface area contributed by atoms with Gasteiger partial charge in [-0.15, -0.1) is 0 Å². The van der Waals surface area contributed by atoms with Crippen LogP contribution in [0, 0.1) is 0 Å². The van der Waals surface area contributed by atoms with E-state index in [4.69, 9.17) is 0 Å². The van der Waals surface area contributed by atoms with Gasteiger partial charge < -0.3 is 21.3 Å². The molecule has 0 unspecified atom stereocenters. The van der Waals surface area contributed by atoms with Crippen LogP contribution < -0.4 is 21.3 Å². The van der Waals surface area contributed by atoms with E-state index < -0.39 is 0 Å². The van der Waals surface area contributed by atoms with Gasteiger partial charge in [-0.1, -0.05) is 27.7 Å². The maximum atomic E-state index is 2.93. The monoisotopic (exact) mass is 416 g/mol. The Balaban J connectivity index is -0.0000000369. The first kappa shape index (κ1) is 30.6. The number of hydrogen-bond acceptors (Lipinski definition) is 4. The Morgan fingerprint density at radius 3 is 0.529 bits per heavy atom. The molecule has 0 atom stereocenters. The van der Waals surface area contributed by atoms with Crippen LogP contribution in [0.15, 0.2) is 0 Å². The Labute approximate surface area is 129 Å². The van der Waals surface area contributed by atoms with E-state index in [-0.39, 0.29) is 25.8 Å². The summed E-state index contributed by atoms with van der Waals surface area (Å²) in [5.74, 6) is 0. The van der Waals surface area contributed by atoms with E-state index in [9.17, 15) is 0 Å². The van der Waals surface area contributed by atoms with Crippen LogP contribution in [-0.4, -0.2) is 54.4 Å². The Bertz CT molecular complexity index is 42.5. The molecule has 0 fully saturated rings. The summed E-state index contributed by atoms with van der Waals surface area (Å²) in [6.45, 7) is 12.6. The molecule has 0 amide bonds. The summed E-state index contributed by atoms with van der Waals surface area (Å²) in [6.07, 6.45) is 0. The zero-order valence-electron chi connectivity index (χ0n) is 13.3. The van der Waals surface area contributed by atoms with Crippen LogP contribution in [0.4, 0.5) is 0 Å². The van der Waals surface area contributed by atoms with E-state index >= 15 is 0 Å². The normalized spacial score (nSPS) is 7.06. The molecule has 0 saturated carbocycles. The standard InChI is InChI=1S/4C3H9N.Hf/c4*1-3-4-2;/h4*4H,3H2,1-2H3;/q;;;;+4. The largest absolute Gasteiger partial charge is 4.00 e. The second-order valence-electron chi connectivity index (χ2n) is 2.83. The van der Waals surface area contributed by atoms with Crippen LogP contribution in [0.1, 0.15) is 27.7 Å². The smallest absolute Gasteiger partial charge is 0.320 e. The van der Waals surface area contributed by atoms with Crippen LogP contribution in [0.25, 0.3) is 0 Å². The minimum absolute atomic E-state index is 0. The first-order chi connectivity index (χ1) is 7.66. The molecule has 0 bridgehead atoms. The van der Waals surface area contributed by atoms with E-state index in [1.54, 1.807) is 0 Å². The van der Waals surface area contributed by atoms with Crippen molar-refractivity contribution >= 4 is 0 Å². The van der Waals surface area contributed by atoms with Gasteiger partial charge in [-0.05, 0) is 54.4 Å². The fourth-order valence-corrected chi connectivity index (χ4v) is 0. The summed E-state index contributed by atoms with van der Waals surface area (Å²) in [4.78, 5) is 0. The van der Waals surface area contributed by atoms with Gasteiger partial charge in [-0.2, -0.15) is 0 Å². The van der Waals surface area contributed by atoms with Gasteiger partial charge in [-0.25, -0.2) is 0 Å². The third-order valence-electron chi connectivity index (χ3n) is 1.41. The molecular weight excluding hydrogens is 379 g/mol. The van der Waals surface area contributed by atoms with Crippen LogP contribution >= 0.6 is 0 Å². The van der Waals surface area contributed by atoms with Crippen molar-refractivity contribution in [2.24, 2.45) is 0 Å². The third kappa shape index (κ3) is 163. The summed E-state index contributed by atoms with van der Waals surface area (Å²) in [6, 6.07) is 0. The van der Waals surface area contributed by atoms with E-state index in [0.29, 0.717) is 0 Å². The van der Waals surface area contributed by atoms with Crippen molar-refractivity contribution in [3.05, 3.63) is 0 Å². The fraction of sp³-hybridized carbons (Fsp3) is 1.00. The molecule has 0 aromatic rings. The fourth-order valence-electron chi connectivity index (χ4n) is 0. The minimum Gasteiger partial charge on any atom is -0.320 e. The molecule has 0 aliphatic carbocycles. The van der Waals surface area contributed by atoms with Crippen molar-refractivity contribution in [3.63, 3.8) is 0 Å². The number of hydrogen-bond donors (Lipinski definition) is 4. The molecular formula is C12H36HfN4+4. The maximum absolute atomic E-state index is 2.93.